The Bertz CT molecular complexity index is 713. The second-order valence-electron chi connectivity index (χ2n) is 4.46. The van der Waals surface area contributed by atoms with Crippen molar-refractivity contribution in [2.45, 2.75) is 28.2 Å². The van der Waals surface area contributed by atoms with Gasteiger partial charge in [-0.05, 0) is 19.9 Å². The van der Waals surface area contributed by atoms with Crippen LogP contribution in [0.15, 0.2) is 6.07 Å². The van der Waals surface area contributed by atoms with Crippen LogP contribution in [0.25, 0.3) is 11.4 Å². The molecule has 0 aliphatic rings. The third kappa shape index (κ3) is 2.23. The van der Waals surface area contributed by atoms with Crippen LogP contribution in [0.2, 0.25) is 5.02 Å². The largest absolute Gasteiger partial charge is 0.618 e. The van der Waals surface area contributed by atoms with Crippen LogP contribution < -0.4 is 4.73 Å². The van der Waals surface area contributed by atoms with Crippen molar-refractivity contribution in [1.29, 1.82) is 5.26 Å². The van der Waals surface area contributed by atoms with Gasteiger partial charge in [-0.1, -0.05) is 19.0 Å². The number of aromatic nitrogens is 3. The fourth-order valence-electron chi connectivity index (χ4n) is 2.08. The van der Waals surface area contributed by atoms with Gasteiger partial charge in [0, 0.05) is 25.1 Å². The first-order valence-electron chi connectivity index (χ1n) is 5.71. The lowest BCUT2D eigenvalue weighted by atomic mass is 10.1. The Morgan fingerprint density at radius 2 is 2.00 bits per heavy atom. The highest BCUT2D eigenvalue weighted by Gasteiger charge is 2.24. The second-order valence-corrected chi connectivity index (χ2v) is 4.87. The fourth-order valence-corrected chi connectivity index (χ4v) is 2.32. The minimum Gasteiger partial charge on any atom is -0.618 e. The number of hydrogen-bond donors (Lipinski definition) is 0. The monoisotopic (exact) mass is 292 g/mol. The van der Waals surface area contributed by atoms with Crippen molar-refractivity contribution >= 4 is 11.6 Å². The summed E-state index contributed by atoms with van der Waals surface area (Å²) in [6, 6.07) is 3.82. The predicted molar refractivity (Wildman–Crippen MR) is 78.3 cm³/mol. The molecule has 0 atom stereocenters. The van der Waals surface area contributed by atoms with E-state index in [-0.39, 0.29) is 7.43 Å². The number of aryl methyl sites for hydroxylation is 2. The molecule has 0 spiro atoms. The van der Waals surface area contributed by atoms with Gasteiger partial charge in [-0.2, -0.15) is 15.1 Å². The lowest BCUT2D eigenvalue weighted by Gasteiger charge is -2.10. The van der Waals surface area contributed by atoms with Gasteiger partial charge in [-0.15, -0.1) is 0 Å². The van der Waals surface area contributed by atoms with Gasteiger partial charge in [0.15, 0.2) is 5.69 Å². The predicted octanol–water partition coefficient (Wildman–Crippen LogP) is 2.81. The molecule has 2 aromatic rings. The van der Waals surface area contributed by atoms with Crippen LogP contribution in [-0.4, -0.2) is 9.78 Å². The molecule has 0 bridgehead atoms. The first kappa shape index (κ1) is 16.0. The number of nitrogens with zero attached hydrogens (tertiary/aromatic N) is 4. The average molecular weight is 293 g/mol. The molecule has 0 aromatic carbocycles. The van der Waals surface area contributed by atoms with E-state index in [1.165, 1.54) is 4.68 Å². The van der Waals surface area contributed by atoms with E-state index in [1.54, 1.807) is 33.9 Å². The van der Waals surface area contributed by atoms with Crippen LogP contribution in [-0.2, 0) is 7.05 Å². The van der Waals surface area contributed by atoms with E-state index in [0.29, 0.717) is 33.4 Å². The summed E-state index contributed by atoms with van der Waals surface area (Å²) in [5.74, 6) is 0. The Balaban J connectivity index is 0.00000200. The van der Waals surface area contributed by atoms with E-state index in [9.17, 15) is 5.21 Å². The Kier molecular flexibility index (Phi) is 4.41. The molecule has 0 amide bonds. The Morgan fingerprint density at radius 3 is 2.50 bits per heavy atom. The summed E-state index contributed by atoms with van der Waals surface area (Å²) in [7, 11) is 1.68. The summed E-state index contributed by atoms with van der Waals surface area (Å²) in [6.07, 6.45) is 0. The van der Waals surface area contributed by atoms with Crippen molar-refractivity contribution in [2.75, 3.05) is 0 Å². The molecular formula is C14H17ClN4O. The Labute approximate surface area is 123 Å². The molecule has 0 aliphatic heterocycles. The maximum atomic E-state index is 12.3. The molecule has 5 nitrogen and oxygen atoms in total. The summed E-state index contributed by atoms with van der Waals surface area (Å²) in [5.41, 5.74) is 3.26. The minimum absolute atomic E-state index is 0. The van der Waals surface area contributed by atoms with E-state index in [1.807, 2.05) is 0 Å². The highest BCUT2D eigenvalue weighted by atomic mass is 35.5. The number of halogens is 1. The first-order chi connectivity index (χ1) is 8.88. The minimum atomic E-state index is 0. The quantitative estimate of drug-likeness (QED) is 0.599. The van der Waals surface area contributed by atoms with Gasteiger partial charge in [-0.3, -0.25) is 4.68 Å². The molecule has 2 heterocycles. The van der Waals surface area contributed by atoms with Gasteiger partial charge in [0.2, 0.25) is 11.4 Å². The van der Waals surface area contributed by atoms with Gasteiger partial charge < -0.3 is 5.21 Å². The fraction of sp³-hybridized carbons (Fsp3) is 0.357. The van der Waals surface area contributed by atoms with Crippen molar-refractivity contribution in [3.05, 3.63) is 38.8 Å². The van der Waals surface area contributed by atoms with E-state index in [4.69, 9.17) is 16.9 Å². The van der Waals surface area contributed by atoms with Gasteiger partial charge >= 0.3 is 0 Å². The van der Waals surface area contributed by atoms with Crippen LogP contribution in [0.5, 0.6) is 0 Å². The normalized spacial score (nSPS) is 10.0. The summed E-state index contributed by atoms with van der Waals surface area (Å²) < 4.78 is 2.25. The molecule has 0 saturated carbocycles. The number of nitriles is 1. The van der Waals surface area contributed by atoms with Crippen LogP contribution in [0.3, 0.4) is 0 Å². The summed E-state index contributed by atoms with van der Waals surface area (Å²) in [4.78, 5) is 0. The maximum absolute atomic E-state index is 12.3. The van der Waals surface area contributed by atoms with Crippen molar-refractivity contribution in [3.63, 3.8) is 0 Å². The third-order valence-electron chi connectivity index (χ3n) is 3.18. The molecule has 0 aliphatic carbocycles. The smallest absolute Gasteiger partial charge is 0.247 e. The molecule has 0 unspecified atom stereocenters. The van der Waals surface area contributed by atoms with Crippen molar-refractivity contribution in [3.8, 4) is 17.5 Å². The SMILES string of the molecule is C.Cc1cc(Cl)c(C)[n+]([O-])c1-c1nn(C)c(C#N)c1C. The van der Waals surface area contributed by atoms with Crippen LogP contribution in [0, 0.1) is 37.3 Å². The number of rotatable bonds is 1. The highest BCUT2D eigenvalue weighted by Crippen LogP contribution is 2.26. The molecular weight excluding hydrogens is 276 g/mol. The van der Waals surface area contributed by atoms with E-state index >= 15 is 0 Å². The topological polar surface area (TPSA) is 68.5 Å². The van der Waals surface area contributed by atoms with Gasteiger partial charge in [0.25, 0.3) is 0 Å². The molecule has 0 N–H and O–H groups in total. The van der Waals surface area contributed by atoms with Crippen molar-refractivity contribution in [2.24, 2.45) is 7.05 Å². The van der Waals surface area contributed by atoms with Crippen LogP contribution >= 0.6 is 11.6 Å². The molecule has 2 rings (SSSR count). The molecule has 6 heteroatoms. The van der Waals surface area contributed by atoms with Gasteiger partial charge in [0.05, 0.1) is 0 Å². The molecule has 2 aromatic heterocycles. The first-order valence-corrected chi connectivity index (χ1v) is 6.09. The summed E-state index contributed by atoms with van der Waals surface area (Å²) >= 11 is 5.98. The Morgan fingerprint density at radius 1 is 1.40 bits per heavy atom. The zero-order chi connectivity index (χ0) is 14.3. The zero-order valence-electron chi connectivity index (χ0n) is 11.2. The summed E-state index contributed by atoms with van der Waals surface area (Å²) in [5, 5.41) is 26.0. The van der Waals surface area contributed by atoms with E-state index < -0.39 is 0 Å². The molecule has 0 saturated heterocycles. The van der Waals surface area contributed by atoms with Crippen LogP contribution in [0.4, 0.5) is 0 Å². The zero-order valence-corrected chi connectivity index (χ0v) is 11.9. The molecule has 20 heavy (non-hydrogen) atoms. The van der Waals surface area contributed by atoms with Crippen molar-refractivity contribution < 1.29 is 4.73 Å². The van der Waals surface area contributed by atoms with E-state index in [2.05, 4.69) is 11.2 Å². The molecule has 0 fully saturated rings. The van der Waals surface area contributed by atoms with Gasteiger partial charge in [-0.25, -0.2) is 0 Å². The Hall–Kier alpha value is -2.06. The molecule has 0 radical (unpaired) electrons. The highest BCUT2D eigenvalue weighted by molar-refractivity contribution is 6.31. The standard InChI is InChI=1S/C13H13ClN4O.CH4/c1-7-5-10(14)9(3)18(19)13(7)12-8(2)11(6-15)17(4)16-12;/h5H,1-4H3;1H4. The maximum Gasteiger partial charge on any atom is 0.247 e. The van der Waals surface area contributed by atoms with Crippen LogP contribution in [0.1, 0.15) is 29.9 Å². The summed E-state index contributed by atoms with van der Waals surface area (Å²) in [6.45, 7) is 5.24. The second kappa shape index (κ2) is 5.51. The lowest BCUT2D eigenvalue weighted by molar-refractivity contribution is -0.601. The number of pyridine rings is 1. The lowest BCUT2D eigenvalue weighted by Crippen LogP contribution is -2.34. The van der Waals surface area contributed by atoms with Crippen molar-refractivity contribution in [1.82, 2.24) is 9.78 Å². The third-order valence-corrected chi connectivity index (χ3v) is 3.57. The average Bonchev–Trinajstić information content (AvgIpc) is 2.62. The van der Waals surface area contributed by atoms with Gasteiger partial charge in [0.1, 0.15) is 16.8 Å². The van der Waals surface area contributed by atoms with E-state index in [0.717, 1.165) is 10.3 Å². The number of hydrogen-bond acceptors (Lipinski definition) is 3. The molecule has 106 valence electrons.